The van der Waals surface area contributed by atoms with Crippen LogP contribution in [0.1, 0.15) is 126 Å². The summed E-state index contributed by atoms with van der Waals surface area (Å²) in [5.74, 6) is -9.30. The van der Waals surface area contributed by atoms with Gasteiger partial charge >= 0.3 is 42.0 Å². The molecule has 6 amide bonds. The van der Waals surface area contributed by atoms with Gasteiger partial charge in [0.25, 0.3) is 0 Å². The third-order valence-electron chi connectivity index (χ3n) is 17.9. The molecule has 9 aliphatic rings. The van der Waals surface area contributed by atoms with Gasteiger partial charge in [0.2, 0.25) is 35.4 Å². The lowest BCUT2D eigenvalue weighted by Gasteiger charge is -2.53. The van der Waals surface area contributed by atoms with Crippen LogP contribution in [0.2, 0.25) is 0 Å². The maximum absolute atomic E-state index is 12.8. The van der Waals surface area contributed by atoms with E-state index in [2.05, 4.69) is 31.9 Å². The van der Waals surface area contributed by atoms with Crippen molar-refractivity contribution in [3.63, 3.8) is 0 Å². The fourth-order valence-electron chi connectivity index (χ4n) is 14.2. The van der Waals surface area contributed by atoms with Crippen molar-refractivity contribution in [2.24, 2.45) is 50.2 Å². The van der Waals surface area contributed by atoms with Gasteiger partial charge in [-0.3, -0.25) is 57.5 Å². The number of hydrogen-bond acceptors (Lipinski definition) is 18. The van der Waals surface area contributed by atoms with Gasteiger partial charge in [-0.2, -0.15) is 13.2 Å². The van der Waals surface area contributed by atoms with E-state index in [-0.39, 0.29) is 97.4 Å². The summed E-state index contributed by atoms with van der Waals surface area (Å²) < 4.78 is 66.2. The molecule has 0 radical (unpaired) electrons. The Balaban J connectivity index is 0.000000163. The highest BCUT2D eigenvalue weighted by Gasteiger charge is 2.80. The fraction of sp³-hybridized carbons (Fsp3) is 0.673. The molecule has 12 atom stereocenters. The van der Waals surface area contributed by atoms with Gasteiger partial charge in [-0.15, -0.1) is 0 Å². The van der Waals surface area contributed by atoms with Gasteiger partial charge in [0.1, 0.15) is 17.0 Å². The molecule has 27 heteroatoms. The maximum atomic E-state index is 12.8. The number of carbonyl (C=O) groups excluding carboxylic acids is 12. The van der Waals surface area contributed by atoms with E-state index in [4.69, 9.17) is 28.4 Å². The second-order valence-corrected chi connectivity index (χ2v) is 22.5. The summed E-state index contributed by atoms with van der Waals surface area (Å²) in [6, 6.07) is 6.36. The van der Waals surface area contributed by atoms with E-state index in [1.807, 2.05) is 0 Å². The summed E-state index contributed by atoms with van der Waals surface area (Å²) in [6.45, 7) is 15.7. The molecule has 24 nitrogen and oxygen atoms in total. The molecule has 6 heterocycles. The predicted octanol–water partition coefficient (Wildman–Crippen LogP) is 2.29. The molecule has 0 aromatic heterocycles. The van der Waals surface area contributed by atoms with Crippen molar-refractivity contribution in [3.8, 4) is 0 Å². The van der Waals surface area contributed by atoms with Gasteiger partial charge in [-0.05, 0) is 120 Å². The molecule has 1 aromatic carbocycles. The smallest absolute Gasteiger partial charge is 0.416 e. The highest BCUT2D eigenvalue weighted by molar-refractivity contribution is 6.15. The molecule has 9 fully saturated rings. The summed E-state index contributed by atoms with van der Waals surface area (Å²) in [6.07, 6.45) is -2.84. The molecule has 6 aliphatic heterocycles. The molecule has 3 saturated carbocycles. The van der Waals surface area contributed by atoms with Gasteiger partial charge in [-0.25, -0.2) is 0 Å². The van der Waals surface area contributed by atoms with Crippen LogP contribution in [0.3, 0.4) is 0 Å². The number of rotatable bonds is 12. The van der Waals surface area contributed by atoms with Crippen molar-refractivity contribution in [1.29, 1.82) is 0 Å². The van der Waals surface area contributed by atoms with Crippen molar-refractivity contribution in [3.05, 3.63) is 35.9 Å². The first-order valence-electron chi connectivity index (χ1n) is 27.5. The van der Waals surface area contributed by atoms with Crippen LogP contribution >= 0.6 is 0 Å². The minimum atomic E-state index is -4.21. The summed E-state index contributed by atoms with van der Waals surface area (Å²) in [5, 5.41) is 16.4. The normalized spacial score (nSPS) is 36.3. The number of nitrogens with one attached hydrogen (secondary N) is 6. The number of alkyl halides is 3. The standard InChI is InChI=1S/3C16H22N2O6.C7H5F3/c3*1-4-23-12(21)15-6-7-16(13(22)24-5-2)9(15)8-14(3,17-10(15)19)18-11(16)20;8-7(9,10)6-4-2-1-3-5-6/h3*9H,4-8H2,1-3H3,(H,17,19)(H,18,20);1-5H/t3*9?,14?,15-,16+;. The van der Waals surface area contributed by atoms with E-state index in [1.165, 1.54) is 12.1 Å². The van der Waals surface area contributed by atoms with Crippen LogP contribution in [0.25, 0.3) is 0 Å². The van der Waals surface area contributed by atoms with Crippen molar-refractivity contribution in [2.45, 2.75) is 143 Å². The number of hydrogen-bond donors (Lipinski definition) is 6. The molecule has 3 aliphatic carbocycles. The number of benzene rings is 1. The average molecular weight is 1160 g/mol. The molecule has 6 saturated heterocycles. The third-order valence-corrected chi connectivity index (χ3v) is 17.9. The number of carbonyl (C=O) groups is 12. The number of fused-ring (bicyclic) bond motifs is 3. The Morgan fingerprint density at radius 1 is 0.390 bits per heavy atom. The highest BCUT2D eigenvalue weighted by Crippen LogP contribution is 2.65. The lowest BCUT2D eigenvalue weighted by Crippen LogP contribution is -2.76. The zero-order valence-electron chi connectivity index (χ0n) is 47.2. The summed E-state index contributed by atoms with van der Waals surface area (Å²) in [4.78, 5) is 153. The van der Waals surface area contributed by atoms with E-state index in [1.54, 1.807) is 68.4 Å². The lowest BCUT2D eigenvalue weighted by atomic mass is 9.59. The monoisotopic (exact) mass is 1160 g/mol. The summed E-state index contributed by atoms with van der Waals surface area (Å²) in [5.41, 5.74) is -12.6. The molecular formula is C55H71F3N6O18. The molecule has 0 spiro atoms. The summed E-state index contributed by atoms with van der Waals surface area (Å²) >= 11 is 0. The molecule has 450 valence electrons. The minimum absolute atomic E-state index is 0.0879. The Hall–Kier alpha value is -7.35. The Labute approximate surface area is 470 Å². The average Bonchev–Trinajstić information content (AvgIpc) is 1.53. The second-order valence-electron chi connectivity index (χ2n) is 22.5. The van der Waals surface area contributed by atoms with Gasteiger partial charge in [0.05, 0.1) is 45.2 Å². The SMILES string of the molecule is CCOC(=O)[C@@]12CC[C@]3(C(=O)OCC)C(=O)NC(C)(CC13)NC2=O.CCOC(=O)[C@@]12CC[C@]3(C(=O)OCC)C(=O)NC(C)(CC13)NC2=O.CCOC(=O)[C@@]12CC[C@]3(C(=O)OCC)C(=O)NC(C)(CC13)NC2=O.FC(F)(F)c1ccccc1. The molecule has 6 N–H and O–H groups in total. The van der Waals surface area contributed by atoms with Crippen LogP contribution in [0.4, 0.5) is 13.2 Å². The van der Waals surface area contributed by atoms with E-state index in [9.17, 15) is 70.7 Å². The van der Waals surface area contributed by atoms with Crippen LogP contribution in [0, 0.1) is 50.2 Å². The molecule has 6 bridgehead atoms. The van der Waals surface area contributed by atoms with Gasteiger partial charge in [0.15, 0.2) is 32.5 Å². The van der Waals surface area contributed by atoms with E-state index in [0.29, 0.717) is 0 Å². The topological polar surface area (TPSA) is 332 Å². The maximum Gasteiger partial charge on any atom is 0.416 e. The van der Waals surface area contributed by atoms with Crippen LogP contribution in [-0.2, 0) is 92.1 Å². The second kappa shape index (κ2) is 22.1. The van der Waals surface area contributed by atoms with Crippen LogP contribution in [0.5, 0.6) is 0 Å². The Bertz CT molecular complexity index is 2430. The first-order valence-corrected chi connectivity index (χ1v) is 27.5. The third kappa shape index (κ3) is 9.45. The molecule has 1 aromatic rings. The quantitative estimate of drug-likeness (QED) is 0.0993. The number of piperidine rings is 6. The number of amides is 6. The zero-order valence-corrected chi connectivity index (χ0v) is 47.2. The lowest BCUT2D eigenvalue weighted by molar-refractivity contribution is -0.186. The Kier molecular flexibility index (Phi) is 16.8. The van der Waals surface area contributed by atoms with E-state index in [0.717, 1.165) is 12.1 Å². The van der Waals surface area contributed by atoms with Crippen LogP contribution in [-0.4, -0.2) is 128 Å². The predicted molar refractivity (Wildman–Crippen MR) is 272 cm³/mol. The van der Waals surface area contributed by atoms with Gasteiger partial charge in [-0.1, -0.05) is 30.3 Å². The van der Waals surface area contributed by atoms with Crippen molar-refractivity contribution in [1.82, 2.24) is 31.9 Å². The van der Waals surface area contributed by atoms with E-state index < -0.39 is 150 Å². The minimum Gasteiger partial charge on any atom is -0.465 e. The van der Waals surface area contributed by atoms with Gasteiger partial charge < -0.3 is 60.3 Å². The highest BCUT2D eigenvalue weighted by atomic mass is 19.4. The molecule has 10 rings (SSSR count). The fourth-order valence-corrected chi connectivity index (χ4v) is 14.2. The first-order chi connectivity index (χ1) is 38.4. The number of esters is 6. The van der Waals surface area contributed by atoms with E-state index >= 15 is 0 Å². The first kappa shape index (κ1) is 62.3. The van der Waals surface area contributed by atoms with Crippen LogP contribution < -0.4 is 31.9 Å². The van der Waals surface area contributed by atoms with Gasteiger partial charge in [0, 0.05) is 17.8 Å². The molecular weight excluding hydrogens is 1090 g/mol. The summed E-state index contributed by atoms with van der Waals surface area (Å²) in [7, 11) is 0. The largest absolute Gasteiger partial charge is 0.465 e. The van der Waals surface area contributed by atoms with Crippen molar-refractivity contribution < 1.29 is 99.1 Å². The van der Waals surface area contributed by atoms with Crippen molar-refractivity contribution >= 4 is 71.3 Å². The molecule has 6 unspecified atom stereocenters. The molecule has 82 heavy (non-hydrogen) atoms. The van der Waals surface area contributed by atoms with Crippen molar-refractivity contribution in [2.75, 3.05) is 39.6 Å². The van der Waals surface area contributed by atoms with Crippen LogP contribution in [0.15, 0.2) is 30.3 Å². The Morgan fingerprint density at radius 3 is 0.720 bits per heavy atom. The number of ether oxygens (including phenoxy) is 6. The Morgan fingerprint density at radius 2 is 0.573 bits per heavy atom. The zero-order chi connectivity index (χ0) is 60.9. The number of halogens is 3.